The second-order valence-electron chi connectivity index (χ2n) is 7.04. The van der Waals surface area contributed by atoms with E-state index in [-0.39, 0.29) is 24.4 Å². The van der Waals surface area contributed by atoms with E-state index in [1.54, 1.807) is 39.2 Å². The molecule has 2 amide bonds. The van der Waals surface area contributed by atoms with Crippen LogP contribution >= 0.6 is 0 Å². The number of hydrogen-bond donors (Lipinski definition) is 0. The van der Waals surface area contributed by atoms with Crippen molar-refractivity contribution in [1.82, 2.24) is 19.7 Å². The smallest absolute Gasteiger partial charge is 0.254 e. The summed E-state index contributed by atoms with van der Waals surface area (Å²) in [5.41, 5.74) is 3.35. The van der Waals surface area contributed by atoms with Gasteiger partial charge >= 0.3 is 0 Å². The van der Waals surface area contributed by atoms with Crippen molar-refractivity contribution >= 4 is 17.5 Å². The molecule has 0 radical (unpaired) electrons. The number of piperazine rings is 1. The van der Waals surface area contributed by atoms with Crippen molar-refractivity contribution in [3.05, 3.63) is 72.3 Å². The van der Waals surface area contributed by atoms with Gasteiger partial charge in [0.15, 0.2) is 0 Å². The third-order valence-corrected chi connectivity index (χ3v) is 5.00. The van der Waals surface area contributed by atoms with Crippen molar-refractivity contribution in [2.45, 2.75) is 19.9 Å². The minimum atomic E-state index is -0.153. The van der Waals surface area contributed by atoms with Gasteiger partial charge in [-0.05, 0) is 44.2 Å². The zero-order chi connectivity index (χ0) is 19.7. The van der Waals surface area contributed by atoms with Gasteiger partial charge in [-0.25, -0.2) is 0 Å². The van der Waals surface area contributed by atoms with Gasteiger partial charge in [0.05, 0.1) is 0 Å². The Bertz CT molecular complexity index is 998. The first-order valence-electron chi connectivity index (χ1n) is 9.16. The van der Waals surface area contributed by atoms with Crippen LogP contribution in [0.3, 0.4) is 0 Å². The van der Waals surface area contributed by atoms with Gasteiger partial charge in [0.25, 0.3) is 5.91 Å². The third kappa shape index (κ3) is 3.38. The number of rotatable bonds is 3. The molecule has 1 saturated heterocycles. The van der Waals surface area contributed by atoms with E-state index in [0.29, 0.717) is 12.1 Å². The molecule has 3 aromatic rings. The maximum absolute atomic E-state index is 13.1. The topological polar surface area (TPSA) is 71.3 Å². The second kappa shape index (κ2) is 7.26. The molecule has 142 valence electrons. The van der Waals surface area contributed by atoms with E-state index in [4.69, 9.17) is 0 Å². The number of aromatic nitrogens is 3. The van der Waals surface area contributed by atoms with Gasteiger partial charge in [0.1, 0.15) is 19.2 Å². The fraction of sp³-hybridized carbons (Fsp3) is 0.238. The molecule has 0 N–H and O–H groups in total. The van der Waals surface area contributed by atoms with Crippen molar-refractivity contribution < 1.29 is 9.59 Å². The van der Waals surface area contributed by atoms with Gasteiger partial charge in [-0.15, -0.1) is 10.2 Å². The third-order valence-electron chi connectivity index (χ3n) is 5.00. The maximum atomic E-state index is 13.1. The number of nitrogens with zero attached hydrogens (tertiary/aromatic N) is 5. The van der Waals surface area contributed by atoms with Crippen LogP contribution < -0.4 is 4.90 Å². The van der Waals surface area contributed by atoms with E-state index in [1.807, 2.05) is 50.2 Å². The standard InChI is InChI=1S/C21H21N5O2/c1-15-6-8-18(9-7-15)26-11-16(2)25(12-20(26)27)21(28)17-4-3-5-19(10-17)24-13-22-23-14-24/h3-10,13-14,16H,11-12H2,1-2H3/t16-/m0/s1. The number of benzene rings is 2. The lowest BCUT2D eigenvalue weighted by Crippen LogP contribution is -2.57. The van der Waals surface area contributed by atoms with Crippen LogP contribution in [0.5, 0.6) is 0 Å². The molecular weight excluding hydrogens is 354 g/mol. The average molecular weight is 375 g/mol. The van der Waals surface area contributed by atoms with Crippen LogP contribution in [0.4, 0.5) is 5.69 Å². The zero-order valence-corrected chi connectivity index (χ0v) is 15.8. The van der Waals surface area contributed by atoms with E-state index in [9.17, 15) is 9.59 Å². The van der Waals surface area contributed by atoms with Gasteiger partial charge in [-0.2, -0.15) is 0 Å². The molecule has 0 aliphatic carbocycles. The van der Waals surface area contributed by atoms with Gasteiger partial charge in [0.2, 0.25) is 5.91 Å². The Balaban J connectivity index is 1.54. The highest BCUT2D eigenvalue weighted by Gasteiger charge is 2.33. The first-order valence-corrected chi connectivity index (χ1v) is 9.16. The molecule has 0 unspecified atom stereocenters. The van der Waals surface area contributed by atoms with Crippen molar-refractivity contribution in [3.63, 3.8) is 0 Å². The first-order chi connectivity index (χ1) is 13.5. The molecule has 0 spiro atoms. The quantitative estimate of drug-likeness (QED) is 0.705. The number of amides is 2. The van der Waals surface area contributed by atoms with Gasteiger partial charge in [-0.3, -0.25) is 14.2 Å². The van der Waals surface area contributed by atoms with Crippen molar-refractivity contribution in [1.29, 1.82) is 0 Å². The first kappa shape index (κ1) is 17.9. The van der Waals surface area contributed by atoms with Crippen LogP contribution in [-0.4, -0.2) is 50.6 Å². The highest BCUT2D eigenvalue weighted by molar-refractivity contribution is 6.02. The molecule has 1 atom stereocenters. The largest absolute Gasteiger partial charge is 0.325 e. The summed E-state index contributed by atoms with van der Waals surface area (Å²) >= 11 is 0. The molecule has 1 aliphatic rings. The summed E-state index contributed by atoms with van der Waals surface area (Å²) in [5.74, 6) is -0.232. The molecule has 1 fully saturated rings. The minimum Gasteiger partial charge on any atom is -0.325 e. The van der Waals surface area contributed by atoms with Gasteiger partial charge in [-0.1, -0.05) is 23.8 Å². The average Bonchev–Trinajstić information content (AvgIpc) is 3.25. The highest BCUT2D eigenvalue weighted by atomic mass is 16.2. The Kier molecular flexibility index (Phi) is 4.65. The number of aryl methyl sites for hydroxylation is 1. The van der Waals surface area contributed by atoms with Crippen LogP contribution in [0.15, 0.2) is 61.2 Å². The summed E-state index contributed by atoms with van der Waals surface area (Å²) in [6.45, 7) is 4.51. The van der Waals surface area contributed by atoms with E-state index in [1.165, 1.54) is 0 Å². The van der Waals surface area contributed by atoms with Crippen molar-refractivity contribution in [2.75, 3.05) is 18.0 Å². The fourth-order valence-electron chi connectivity index (χ4n) is 3.40. The van der Waals surface area contributed by atoms with Gasteiger partial charge in [0, 0.05) is 29.5 Å². The van der Waals surface area contributed by atoms with Gasteiger partial charge < -0.3 is 9.80 Å². The molecule has 0 saturated carbocycles. The highest BCUT2D eigenvalue weighted by Crippen LogP contribution is 2.22. The Morgan fingerprint density at radius 3 is 2.46 bits per heavy atom. The van der Waals surface area contributed by atoms with Crippen LogP contribution in [-0.2, 0) is 4.79 Å². The number of anilines is 1. The van der Waals surface area contributed by atoms with E-state index < -0.39 is 0 Å². The summed E-state index contributed by atoms with van der Waals surface area (Å²) in [7, 11) is 0. The Morgan fingerprint density at radius 1 is 1.04 bits per heavy atom. The lowest BCUT2D eigenvalue weighted by Gasteiger charge is -2.39. The summed E-state index contributed by atoms with van der Waals surface area (Å²) in [6, 6.07) is 15.0. The normalized spacial score (nSPS) is 17.1. The van der Waals surface area contributed by atoms with Crippen LogP contribution in [0.2, 0.25) is 0 Å². The maximum Gasteiger partial charge on any atom is 0.254 e. The number of carbonyl (C=O) groups excluding carboxylic acids is 2. The molecule has 0 bridgehead atoms. The Labute approximate surface area is 163 Å². The zero-order valence-electron chi connectivity index (χ0n) is 15.8. The summed E-state index contributed by atoms with van der Waals surface area (Å²) in [4.78, 5) is 29.2. The number of carbonyl (C=O) groups is 2. The lowest BCUT2D eigenvalue weighted by atomic mass is 10.1. The molecular formula is C21H21N5O2. The summed E-state index contributed by atoms with van der Waals surface area (Å²) in [6.07, 6.45) is 3.16. The lowest BCUT2D eigenvalue weighted by molar-refractivity contribution is -0.121. The van der Waals surface area contributed by atoms with Crippen LogP contribution in [0, 0.1) is 6.92 Å². The van der Waals surface area contributed by atoms with E-state index >= 15 is 0 Å². The predicted molar refractivity (Wildman–Crippen MR) is 105 cm³/mol. The van der Waals surface area contributed by atoms with E-state index in [0.717, 1.165) is 16.9 Å². The summed E-state index contributed by atoms with van der Waals surface area (Å²) in [5, 5.41) is 7.59. The molecule has 7 nitrogen and oxygen atoms in total. The van der Waals surface area contributed by atoms with E-state index in [2.05, 4.69) is 10.2 Å². The molecule has 7 heteroatoms. The molecule has 4 rings (SSSR count). The van der Waals surface area contributed by atoms with Crippen molar-refractivity contribution in [3.8, 4) is 5.69 Å². The van der Waals surface area contributed by atoms with Crippen LogP contribution in [0.25, 0.3) is 5.69 Å². The fourth-order valence-corrected chi connectivity index (χ4v) is 3.40. The Hall–Kier alpha value is -3.48. The number of hydrogen-bond acceptors (Lipinski definition) is 4. The monoisotopic (exact) mass is 375 g/mol. The predicted octanol–water partition coefficient (Wildman–Crippen LogP) is 2.45. The second-order valence-corrected chi connectivity index (χ2v) is 7.04. The summed E-state index contributed by atoms with van der Waals surface area (Å²) < 4.78 is 1.74. The minimum absolute atomic E-state index is 0.0603. The molecule has 2 aromatic carbocycles. The molecule has 1 aromatic heterocycles. The molecule has 2 heterocycles. The van der Waals surface area contributed by atoms with Crippen LogP contribution in [0.1, 0.15) is 22.8 Å². The van der Waals surface area contributed by atoms with Crippen molar-refractivity contribution in [2.24, 2.45) is 0 Å². The molecule has 1 aliphatic heterocycles. The SMILES string of the molecule is Cc1ccc(N2C[C@H](C)N(C(=O)c3cccc(-n4cnnc4)c3)CC2=O)cc1. The Morgan fingerprint density at radius 2 is 1.75 bits per heavy atom. The molecule has 28 heavy (non-hydrogen) atoms.